The number of nitrogens with one attached hydrogen (secondary N) is 1. The number of benzene rings is 2. The predicted octanol–water partition coefficient (Wildman–Crippen LogP) is 3.38. The molecule has 1 fully saturated rings. The predicted molar refractivity (Wildman–Crippen MR) is 114 cm³/mol. The van der Waals surface area contributed by atoms with Crippen LogP contribution >= 0.6 is 0 Å². The lowest BCUT2D eigenvalue weighted by Gasteiger charge is -2.34. The average Bonchev–Trinajstić information content (AvgIpc) is 2.73. The smallest absolute Gasteiger partial charge is 0.255 e. The average molecular weight is 431 g/mol. The van der Waals surface area contributed by atoms with E-state index in [1.165, 1.54) is 24.3 Å². The topological polar surface area (TPSA) is 84.9 Å². The normalized spacial score (nSPS) is 21.8. The van der Waals surface area contributed by atoms with Crippen molar-refractivity contribution >= 4 is 21.6 Å². The van der Waals surface area contributed by atoms with Crippen LogP contribution in [0.15, 0.2) is 47.4 Å². The molecule has 2 aromatic rings. The summed E-state index contributed by atoms with van der Waals surface area (Å²) >= 11 is 0. The quantitative estimate of drug-likeness (QED) is 0.804. The van der Waals surface area contributed by atoms with E-state index in [4.69, 9.17) is 9.47 Å². The summed E-state index contributed by atoms with van der Waals surface area (Å²) < 4.78 is 38.5. The first-order chi connectivity index (χ1) is 14.3. The number of nitrogens with zero attached hydrogens (tertiary/aromatic N) is 1. The Hall–Kier alpha value is -2.58. The van der Waals surface area contributed by atoms with Crippen molar-refractivity contribution in [3.63, 3.8) is 0 Å². The Balaban J connectivity index is 1.47. The third-order valence-corrected chi connectivity index (χ3v) is 7.24. The summed E-state index contributed by atoms with van der Waals surface area (Å²) in [7, 11) is -3.57. The van der Waals surface area contributed by atoms with E-state index >= 15 is 0 Å². The molecule has 2 heterocycles. The fourth-order valence-electron chi connectivity index (χ4n) is 4.05. The molecule has 0 aromatic heterocycles. The third kappa shape index (κ3) is 4.29. The molecule has 7 nitrogen and oxygen atoms in total. The molecule has 0 radical (unpaired) electrons. The molecule has 4 rings (SSSR count). The summed E-state index contributed by atoms with van der Waals surface area (Å²) in [5.74, 6) is 1.58. The fourth-order valence-corrected chi connectivity index (χ4v) is 5.73. The first kappa shape index (κ1) is 20.7. The van der Waals surface area contributed by atoms with Crippen molar-refractivity contribution in [1.29, 1.82) is 0 Å². The number of carbonyl (C=O) groups excluding carboxylic acids is 1. The highest BCUT2D eigenvalue weighted by Gasteiger charge is 2.31. The lowest BCUT2D eigenvalue weighted by atomic mass is 9.94. The maximum absolute atomic E-state index is 13.0. The van der Waals surface area contributed by atoms with Gasteiger partial charge in [-0.1, -0.05) is 13.8 Å². The third-order valence-electron chi connectivity index (χ3n) is 5.39. The maximum Gasteiger partial charge on any atom is 0.255 e. The van der Waals surface area contributed by atoms with Gasteiger partial charge in [0, 0.05) is 30.4 Å². The first-order valence-corrected chi connectivity index (χ1v) is 11.6. The minimum absolute atomic E-state index is 0.208. The minimum atomic E-state index is -3.57. The van der Waals surface area contributed by atoms with Crippen LogP contribution in [0.25, 0.3) is 0 Å². The summed E-state index contributed by atoms with van der Waals surface area (Å²) in [4.78, 5) is 12.8. The van der Waals surface area contributed by atoms with Gasteiger partial charge in [0.25, 0.3) is 5.91 Å². The molecule has 0 bridgehead atoms. The van der Waals surface area contributed by atoms with Gasteiger partial charge < -0.3 is 14.8 Å². The number of amides is 1. The largest absolute Gasteiger partial charge is 0.486 e. The van der Waals surface area contributed by atoms with Gasteiger partial charge in [0.1, 0.15) is 13.2 Å². The molecule has 1 saturated heterocycles. The standard InChI is InChI=1S/C22H26N2O5S/c1-15-11-16(2)14-24(13-15)30(26,27)19-6-3-17(4-7-19)22(25)23-18-5-8-20-21(12-18)29-10-9-28-20/h3-8,12,15-16H,9-11,13-14H2,1-2H3,(H,23,25)/t15-,16-/m1/s1. The Morgan fingerprint density at radius 3 is 2.27 bits per heavy atom. The lowest BCUT2D eigenvalue weighted by Crippen LogP contribution is -2.42. The van der Waals surface area contributed by atoms with Gasteiger partial charge in [-0.05, 0) is 54.7 Å². The highest BCUT2D eigenvalue weighted by atomic mass is 32.2. The van der Waals surface area contributed by atoms with Crippen LogP contribution in [-0.2, 0) is 10.0 Å². The lowest BCUT2D eigenvalue weighted by molar-refractivity contribution is 0.102. The van der Waals surface area contributed by atoms with E-state index in [0.29, 0.717) is 60.9 Å². The van der Waals surface area contributed by atoms with E-state index < -0.39 is 10.0 Å². The molecule has 30 heavy (non-hydrogen) atoms. The van der Waals surface area contributed by atoms with Crippen molar-refractivity contribution < 1.29 is 22.7 Å². The van der Waals surface area contributed by atoms with Crippen molar-refractivity contribution in [3.8, 4) is 11.5 Å². The highest BCUT2D eigenvalue weighted by molar-refractivity contribution is 7.89. The molecular weight excluding hydrogens is 404 g/mol. The van der Waals surface area contributed by atoms with Gasteiger partial charge >= 0.3 is 0 Å². The molecule has 2 aliphatic rings. The number of rotatable bonds is 4. The van der Waals surface area contributed by atoms with E-state index in [9.17, 15) is 13.2 Å². The fraction of sp³-hybridized carbons (Fsp3) is 0.409. The molecule has 160 valence electrons. The number of carbonyl (C=O) groups is 1. The zero-order chi connectivity index (χ0) is 21.3. The van der Waals surface area contributed by atoms with E-state index in [-0.39, 0.29) is 10.8 Å². The van der Waals surface area contributed by atoms with Crippen LogP contribution in [0.4, 0.5) is 5.69 Å². The Bertz CT molecular complexity index is 1030. The van der Waals surface area contributed by atoms with Crippen LogP contribution in [0.2, 0.25) is 0 Å². The Morgan fingerprint density at radius 1 is 0.967 bits per heavy atom. The number of hydrogen-bond donors (Lipinski definition) is 1. The number of ether oxygens (including phenoxy) is 2. The molecule has 0 aliphatic carbocycles. The second-order valence-corrected chi connectivity index (χ2v) is 10.0. The SMILES string of the molecule is C[C@@H]1C[C@@H](C)CN(S(=O)(=O)c2ccc(C(=O)Nc3ccc4c(c3)OCCO4)cc2)C1. The van der Waals surface area contributed by atoms with E-state index in [1.807, 2.05) is 0 Å². The van der Waals surface area contributed by atoms with Crippen LogP contribution in [0.1, 0.15) is 30.6 Å². The van der Waals surface area contributed by atoms with Crippen LogP contribution < -0.4 is 14.8 Å². The maximum atomic E-state index is 13.0. The molecule has 2 aromatic carbocycles. The number of piperidine rings is 1. The van der Waals surface area contributed by atoms with E-state index in [1.54, 1.807) is 22.5 Å². The molecule has 0 unspecified atom stereocenters. The number of hydrogen-bond acceptors (Lipinski definition) is 5. The van der Waals surface area contributed by atoms with Crippen molar-refractivity contribution in [1.82, 2.24) is 4.31 Å². The molecule has 8 heteroatoms. The summed E-state index contributed by atoms with van der Waals surface area (Å²) in [5, 5.41) is 2.81. The summed E-state index contributed by atoms with van der Waals surface area (Å²) in [6.45, 7) is 6.17. The van der Waals surface area contributed by atoms with E-state index in [2.05, 4.69) is 19.2 Å². The van der Waals surface area contributed by atoms with Gasteiger partial charge in [-0.2, -0.15) is 4.31 Å². The van der Waals surface area contributed by atoms with Crippen molar-refractivity contribution in [2.75, 3.05) is 31.6 Å². The zero-order valence-electron chi connectivity index (χ0n) is 17.1. The van der Waals surface area contributed by atoms with E-state index in [0.717, 1.165) is 6.42 Å². The van der Waals surface area contributed by atoms with Crippen molar-refractivity contribution in [2.24, 2.45) is 11.8 Å². The molecule has 2 atom stereocenters. The summed E-state index contributed by atoms with van der Waals surface area (Å²) in [6, 6.07) is 11.3. The second-order valence-electron chi connectivity index (χ2n) is 8.11. The van der Waals surface area contributed by atoms with Crippen LogP contribution in [0, 0.1) is 11.8 Å². The summed E-state index contributed by atoms with van der Waals surface area (Å²) in [6.07, 6.45) is 1.03. The molecule has 1 amide bonds. The number of anilines is 1. The van der Waals surface area contributed by atoms with Gasteiger partial charge in [-0.25, -0.2) is 8.42 Å². The first-order valence-electron chi connectivity index (χ1n) is 10.1. The van der Waals surface area contributed by atoms with Gasteiger partial charge in [-0.15, -0.1) is 0 Å². The Kier molecular flexibility index (Phi) is 5.71. The molecule has 0 saturated carbocycles. The highest BCUT2D eigenvalue weighted by Crippen LogP contribution is 2.33. The molecule has 2 aliphatic heterocycles. The molecular formula is C22H26N2O5S. The number of fused-ring (bicyclic) bond motifs is 1. The zero-order valence-corrected chi connectivity index (χ0v) is 17.9. The number of sulfonamides is 1. The van der Waals surface area contributed by atoms with Gasteiger partial charge in [0.05, 0.1) is 4.90 Å². The van der Waals surface area contributed by atoms with Crippen LogP contribution in [0.3, 0.4) is 0 Å². The molecule has 0 spiro atoms. The Labute approximate surface area is 177 Å². The monoisotopic (exact) mass is 430 g/mol. The van der Waals surface area contributed by atoms with Gasteiger partial charge in [0.15, 0.2) is 11.5 Å². The summed E-state index contributed by atoms with van der Waals surface area (Å²) in [5.41, 5.74) is 0.960. The van der Waals surface area contributed by atoms with Crippen LogP contribution in [-0.4, -0.2) is 44.9 Å². The second kappa shape index (κ2) is 8.28. The van der Waals surface area contributed by atoms with Crippen LogP contribution in [0.5, 0.6) is 11.5 Å². The van der Waals surface area contributed by atoms with Crippen molar-refractivity contribution in [3.05, 3.63) is 48.0 Å². The van der Waals surface area contributed by atoms with Crippen molar-refractivity contribution in [2.45, 2.75) is 25.2 Å². The Morgan fingerprint density at radius 2 is 1.60 bits per heavy atom. The van der Waals surface area contributed by atoms with Gasteiger partial charge in [0.2, 0.25) is 10.0 Å². The minimum Gasteiger partial charge on any atom is -0.486 e. The van der Waals surface area contributed by atoms with Gasteiger partial charge in [-0.3, -0.25) is 4.79 Å². The molecule has 1 N–H and O–H groups in total.